The Hall–Kier alpha value is -1.32. The first-order valence-electron chi connectivity index (χ1n) is 19.2. The zero-order valence-electron chi connectivity index (χ0n) is 30.6. The van der Waals surface area contributed by atoms with E-state index in [1.165, 1.54) is 102 Å². The molecule has 282 valence electrons. The van der Waals surface area contributed by atoms with Crippen LogP contribution in [-0.4, -0.2) is 59.0 Å². The number of rotatable bonds is 35. The minimum atomic E-state index is -4.42. The summed E-state index contributed by atoms with van der Waals surface area (Å²) in [5.74, 6) is -0.658. The smallest absolute Gasteiger partial charge is 0.387 e. The van der Waals surface area contributed by atoms with E-state index in [1.54, 1.807) is 6.08 Å². The molecule has 0 aliphatic rings. The van der Waals surface area contributed by atoms with Gasteiger partial charge in [-0.25, -0.2) is 4.57 Å². The summed E-state index contributed by atoms with van der Waals surface area (Å²) in [5, 5.41) is 23.8. The number of unbranched alkanes of at least 4 members (excludes halogenated alkanes) is 19. The van der Waals surface area contributed by atoms with Crippen LogP contribution in [0.2, 0.25) is 0 Å². The van der Waals surface area contributed by atoms with Crippen LogP contribution in [0.25, 0.3) is 0 Å². The van der Waals surface area contributed by atoms with Crippen molar-refractivity contribution >= 4 is 13.7 Å². The highest BCUT2D eigenvalue weighted by molar-refractivity contribution is 7.47. The molecule has 0 heterocycles. The molecule has 1 amide bonds. The molecule has 0 aromatic rings. The van der Waals surface area contributed by atoms with Crippen LogP contribution in [-0.2, 0) is 18.4 Å². The zero-order valence-corrected chi connectivity index (χ0v) is 31.5. The van der Waals surface area contributed by atoms with E-state index >= 15 is 0 Å². The fraction of sp³-hybridized carbons (Fsp3) is 0.816. The molecule has 0 aliphatic carbocycles. The Balaban J connectivity index is 4.47. The van der Waals surface area contributed by atoms with Crippen LogP contribution in [0.5, 0.6) is 0 Å². The van der Waals surface area contributed by atoms with Crippen molar-refractivity contribution in [1.82, 2.24) is 5.32 Å². The molecule has 0 fully saturated rings. The predicted molar refractivity (Wildman–Crippen MR) is 200 cm³/mol. The Morgan fingerprint density at radius 1 is 0.708 bits per heavy atom. The molecule has 0 aromatic heterocycles. The maximum atomic E-state index is 12.8. The monoisotopic (exact) mass is 701 g/mol. The zero-order chi connectivity index (χ0) is 35.6. The van der Waals surface area contributed by atoms with E-state index in [1.807, 2.05) is 12.2 Å². The molecule has 4 atom stereocenters. The predicted octanol–water partition coefficient (Wildman–Crippen LogP) is 8.97. The van der Waals surface area contributed by atoms with E-state index < -0.39 is 38.6 Å². The lowest BCUT2D eigenvalue weighted by Gasteiger charge is -2.24. The standard InChI is InChI=1S/C38H73N2O7P/c1-3-5-7-9-11-13-15-16-17-18-19-21-23-25-27-29-31-37(42)38(43)40-35(34-47-48(44,45)46-33-32-39)36(41)30-28-26-24-22-20-14-12-10-8-6-4-2/h16-17,24,26,28,30,35-37,41-42H,3-15,18-23,25,27,29,31-34,39H2,1-2H3,(H,40,43)(H,44,45)/b17-16-,26-24+,30-28+/t35-,36+,37?/m0/s1. The fourth-order valence-corrected chi connectivity index (χ4v) is 6.07. The Bertz CT molecular complexity index is 868. The SMILES string of the molecule is CCCCCCCC/C=C\CCCCCCCCC(O)C(=O)N[C@@H](COP(=O)(O)OCCN)[C@H](O)/C=C/C=C/CCCCCCCCC. The van der Waals surface area contributed by atoms with Gasteiger partial charge in [-0.3, -0.25) is 13.8 Å². The lowest BCUT2D eigenvalue weighted by molar-refractivity contribution is -0.131. The van der Waals surface area contributed by atoms with Crippen LogP contribution in [0.15, 0.2) is 36.5 Å². The van der Waals surface area contributed by atoms with Gasteiger partial charge in [0.25, 0.3) is 0 Å². The van der Waals surface area contributed by atoms with E-state index in [0.717, 1.165) is 38.5 Å². The van der Waals surface area contributed by atoms with Crippen molar-refractivity contribution in [3.05, 3.63) is 36.5 Å². The molecule has 48 heavy (non-hydrogen) atoms. The maximum Gasteiger partial charge on any atom is 0.472 e. The molecular formula is C38H73N2O7P. The van der Waals surface area contributed by atoms with Gasteiger partial charge >= 0.3 is 7.82 Å². The van der Waals surface area contributed by atoms with Crippen molar-refractivity contribution in [2.45, 2.75) is 180 Å². The van der Waals surface area contributed by atoms with E-state index in [2.05, 4.69) is 31.3 Å². The number of aliphatic hydroxyl groups excluding tert-OH is 2. The van der Waals surface area contributed by atoms with Gasteiger partial charge in [0, 0.05) is 6.54 Å². The molecule has 0 aliphatic heterocycles. The Morgan fingerprint density at radius 3 is 1.71 bits per heavy atom. The van der Waals surface area contributed by atoms with Gasteiger partial charge in [-0.1, -0.05) is 153 Å². The number of aliphatic hydroxyl groups is 2. The number of carbonyl (C=O) groups excluding carboxylic acids is 1. The number of phosphoric acid groups is 1. The largest absolute Gasteiger partial charge is 0.472 e. The van der Waals surface area contributed by atoms with Crippen molar-refractivity contribution in [3.8, 4) is 0 Å². The van der Waals surface area contributed by atoms with Crippen molar-refractivity contribution < 1.29 is 33.5 Å². The second-order valence-corrected chi connectivity index (χ2v) is 14.4. The highest BCUT2D eigenvalue weighted by Gasteiger charge is 2.28. The first-order chi connectivity index (χ1) is 23.3. The molecular weight excluding hydrogens is 627 g/mol. The number of hydrogen-bond acceptors (Lipinski definition) is 7. The number of amides is 1. The molecule has 6 N–H and O–H groups in total. The van der Waals surface area contributed by atoms with Crippen LogP contribution >= 0.6 is 7.82 Å². The van der Waals surface area contributed by atoms with Gasteiger partial charge < -0.3 is 26.2 Å². The summed E-state index contributed by atoms with van der Waals surface area (Å²) in [7, 11) is -4.42. The number of allylic oxidation sites excluding steroid dienone is 5. The van der Waals surface area contributed by atoms with Gasteiger partial charge in [0.05, 0.1) is 25.4 Å². The molecule has 2 unspecified atom stereocenters. The van der Waals surface area contributed by atoms with E-state index in [-0.39, 0.29) is 13.2 Å². The molecule has 9 nitrogen and oxygen atoms in total. The second kappa shape index (κ2) is 34.1. The summed E-state index contributed by atoms with van der Waals surface area (Å²) in [5.41, 5.74) is 5.33. The molecule has 10 heteroatoms. The molecule has 0 spiro atoms. The Morgan fingerprint density at radius 2 is 1.19 bits per heavy atom. The quantitative estimate of drug-likeness (QED) is 0.0190. The van der Waals surface area contributed by atoms with Crippen LogP contribution < -0.4 is 11.1 Å². The van der Waals surface area contributed by atoms with E-state index in [4.69, 9.17) is 14.8 Å². The molecule has 0 rings (SSSR count). The Kier molecular flexibility index (Phi) is 33.2. The highest BCUT2D eigenvalue weighted by Crippen LogP contribution is 2.43. The molecule has 0 saturated carbocycles. The average molecular weight is 701 g/mol. The van der Waals surface area contributed by atoms with E-state index in [0.29, 0.717) is 12.8 Å². The average Bonchev–Trinajstić information content (AvgIpc) is 3.07. The van der Waals surface area contributed by atoms with Gasteiger partial charge in [0.1, 0.15) is 6.10 Å². The van der Waals surface area contributed by atoms with Crippen LogP contribution in [0, 0.1) is 0 Å². The molecule has 0 aromatic carbocycles. The minimum absolute atomic E-state index is 0.0352. The highest BCUT2D eigenvalue weighted by atomic mass is 31.2. The summed E-state index contributed by atoms with van der Waals surface area (Å²) in [6.07, 6.45) is 35.6. The van der Waals surface area contributed by atoms with Crippen molar-refractivity contribution in [2.75, 3.05) is 19.8 Å². The number of hydrogen-bond donors (Lipinski definition) is 5. The molecule has 0 saturated heterocycles. The van der Waals surface area contributed by atoms with Gasteiger partial charge in [0.15, 0.2) is 0 Å². The third kappa shape index (κ3) is 30.7. The third-order valence-corrected chi connectivity index (χ3v) is 9.34. The first kappa shape index (κ1) is 46.7. The summed E-state index contributed by atoms with van der Waals surface area (Å²) >= 11 is 0. The summed E-state index contributed by atoms with van der Waals surface area (Å²) in [4.78, 5) is 22.6. The van der Waals surface area contributed by atoms with Crippen molar-refractivity contribution in [3.63, 3.8) is 0 Å². The first-order valence-corrected chi connectivity index (χ1v) is 20.7. The van der Waals surface area contributed by atoms with Gasteiger partial charge in [-0.05, 0) is 44.9 Å². The maximum absolute atomic E-state index is 12.8. The van der Waals surface area contributed by atoms with Crippen molar-refractivity contribution in [1.29, 1.82) is 0 Å². The number of nitrogens with one attached hydrogen (secondary N) is 1. The minimum Gasteiger partial charge on any atom is -0.387 e. The van der Waals surface area contributed by atoms with Crippen LogP contribution in [0.3, 0.4) is 0 Å². The van der Waals surface area contributed by atoms with E-state index in [9.17, 15) is 24.5 Å². The normalized spacial score (nSPS) is 15.4. The van der Waals surface area contributed by atoms with Gasteiger partial charge in [0.2, 0.25) is 5.91 Å². The fourth-order valence-electron chi connectivity index (χ4n) is 5.31. The summed E-state index contributed by atoms with van der Waals surface area (Å²) in [6, 6.07) is -1.07. The molecule has 0 radical (unpaired) electrons. The molecule has 0 bridgehead atoms. The Labute approximate surface area is 293 Å². The number of phosphoric ester groups is 1. The number of nitrogens with two attached hydrogens (primary N) is 1. The third-order valence-electron chi connectivity index (χ3n) is 8.35. The lowest BCUT2D eigenvalue weighted by atomic mass is 10.0. The second-order valence-electron chi connectivity index (χ2n) is 13.0. The lowest BCUT2D eigenvalue weighted by Crippen LogP contribution is -2.49. The van der Waals surface area contributed by atoms with Crippen LogP contribution in [0.4, 0.5) is 0 Å². The van der Waals surface area contributed by atoms with Crippen molar-refractivity contribution in [2.24, 2.45) is 5.73 Å². The van der Waals surface area contributed by atoms with Gasteiger partial charge in [-0.2, -0.15) is 0 Å². The topological polar surface area (TPSA) is 151 Å². The summed E-state index contributed by atoms with van der Waals surface area (Å²) < 4.78 is 21.9. The summed E-state index contributed by atoms with van der Waals surface area (Å²) in [6.45, 7) is 3.84. The number of carbonyl (C=O) groups is 1. The van der Waals surface area contributed by atoms with Crippen LogP contribution in [0.1, 0.15) is 162 Å². The van der Waals surface area contributed by atoms with Gasteiger partial charge in [-0.15, -0.1) is 0 Å².